The lowest BCUT2D eigenvalue weighted by Crippen LogP contribution is -2.24. The number of unbranched alkanes of at least 4 members (excludes halogenated alkanes) is 1. The number of amides is 1. The SMILES string of the molecule is CS(=O)(=O)OCCCCNC(=O)c1ccccc1. The number of rotatable bonds is 7. The fourth-order valence-electron chi connectivity index (χ4n) is 1.33. The zero-order valence-corrected chi connectivity index (χ0v) is 11.1. The van der Waals surface area contributed by atoms with E-state index in [1.807, 2.05) is 6.07 Å². The van der Waals surface area contributed by atoms with Gasteiger partial charge >= 0.3 is 0 Å². The van der Waals surface area contributed by atoms with Crippen molar-refractivity contribution in [2.24, 2.45) is 0 Å². The Hall–Kier alpha value is -1.40. The average molecular weight is 271 g/mol. The minimum absolute atomic E-state index is 0.125. The van der Waals surface area contributed by atoms with Gasteiger partial charge in [-0.2, -0.15) is 8.42 Å². The molecule has 1 aromatic carbocycles. The van der Waals surface area contributed by atoms with E-state index in [0.717, 1.165) is 6.26 Å². The van der Waals surface area contributed by atoms with Gasteiger partial charge in [0.25, 0.3) is 16.0 Å². The summed E-state index contributed by atoms with van der Waals surface area (Å²) in [7, 11) is -3.36. The van der Waals surface area contributed by atoms with Crippen molar-refractivity contribution >= 4 is 16.0 Å². The highest BCUT2D eigenvalue weighted by Crippen LogP contribution is 1.98. The fourth-order valence-corrected chi connectivity index (χ4v) is 1.75. The molecule has 1 aromatic rings. The molecule has 0 unspecified atom stereocenters. The highest BCUT2D eigenvalue weighted by molar-refractivity contribution is 7.85. The largest absolute Gasteiger partial charge is 0.352 e. The van der Waals surface area contributed by atoms with Gasteiger partial charge in [0.2, 0.25) is 0 Å². The molecule has 0 aromatic heterocycles. The van der Waals surface area contributed by atoms with Crippen molar-refractivity contribution in [3.8, 4) is 0 Å². The third-order valence-corrected chi connectivity index (χ3v) is 2.78. The molecule has 0 bridgehead atoms. The predicted octanol–water partition coefficient (Wildman–Crippen LogP) is 1.17. The summed E-state index contributed by atoms with van der Waals surface area (Å²) in [6.45, 7) is 0.654. The maximum atomic E-state index is 11.6. The van der Waals surface area contributed by atoms with Crippen molar-refractivity contribution < 1.29 is 17.4 Å². The molecule has 0 heterocycles. The van der Waals surface area contributed by atoms with Crippen LogP contribution in [0.2, 0.25) is 0 Å². The molecule has 0 atom stereocenters. The molecule has 1 amide bonds. The number of carbonyl (C=O) groups excluding carboxylic acids is 1. The van der Waals surface area contributed by atoms with E-state index in [-0.39, 0.29) is 12.5 Å². The normalized spacial score (nSPS) is 11.2. The van der Waals surface area contributed by atoms with Crippen molar-refractivity contribution in [2.75, 3.05) is 19.4 Å². The van der Waals surface area contributed by atoms with E-state index in [0.29, 0.717) is 24.9 Å². The van der Waals surface area contributed by atoms with Crippen LogP contribution in [-0.4, -0.2) is 33.7 Å². The van der Waals surface area contributed by atoms with Crippen LogP contribution in [0.4, 0.5) is 0 Å². The summed E-state index contributed by atoms with van der Waals surface area (Å²) in [6, 6.07) is 8.92. The summed E-state index contributed by atoms with van der Waals surface area (Å²) in [5.74, 6) is -0.125. The fraction of sp³-hybridized carbons (Fsp3) is 0.417. The zero-order chi connectivity index (χ0) is 13.4. The third-order valence-electron chi connectivity index (χ3n) is 2.19. The number of nitrogens with one attached hydrogen (secondary N) is 1. The lowest BCUT2D eigenvalue weighted by molar-refractivity contribution is 0.0952. The Morgan fingerprint density at radius 1 is 1.22 bits per heavy atom. The van der Waals surface area contributed by atoms with Crippen LogP contribution < -0.4 is 5.32 Å². The molecule has 5 nitrogen and oxygen atoms in total. The molecule has 0 saturated carbocycles. The Bertz CT molecular complexity index is 470. The van der Waals surface area contributed by atoms with Gasteiger partial charge in [0.05, 0.1) is 12.9 Å². The maximum absolute atomic E-state index is 11.6. The van der Waals surface area contributed by atoms with Gasteiger partial charge in [0, 0.05) is 12.1 Å². The zero-order valence-electron chi connectivity index (χ0n) is 10.3. The maximum Gasteiger partial charge on any atom is 0.264 e. The molecule has 0 fully saturated rings. The van der Waals surface area contributed by atoms with Crippen LogP contribution in [0.25, 0.3) is 0 Å². The smallest absolute Gasteiger partial charge is 0.264 e. The highest BCUT2D eigenvalue weighted by Gasteiger charge is 2.03. The predicted molar refractivity (Wildman–Crippen MR) is 68.8 cm³/mol. The van der Waals surface area contributed by atoms with Gasteiger partial charge in [-0.15, -0.1) is 0 Å². The van der Waals surface area contributed by atoms with Crippen LogP contribution in [0, 0.1) is 0 Å². The molecular formula is C12H17NO4S. The Labute approximate surface area is 107 Å². The van der Waals surface area contributed by atoms with Crippen molar-refractivity contribution in [3.63, 3.8) is 0 Å². The summed E-state index contributed by atoms with van der Waals surface area (Å²) in [5, 5.41) is 2.75. The van der Waals surface area contributed by atoms with E-state index in [1.165, 1.54) is 0 Å². The average Bonchev–Trinajstić information content (AvgIpc) is 2.33. The first-order valence-corrected chi connectivity index (χ1v) is 7.48. The van der Waals surface area contributed by atoms with E-state index in [4.69, 9.17) is 0 Å². The van der Waals surface area contributed by atoms with Crippen LogP contribution >= 0.6 is 0 Å². The van der Waals surface area contributed by atoms with Crippen LogP contribution in [0.5, 0.6) is 0 Å². The second-order valence-electron chi connectivity index (χ2n) is 3.86. The first kappa shape index (κ1) is 14.7. The van der Waals surface area contributed by atoms with E-state index in [1.54, 1.807) is 24.3 Å². The first-order chi connectivity index (χ1) is 8.49. The Kier molecular flexibility index (Phi) is 5.80. The minimum Gasteiger partial charge on any atom is -0.352 e. The molecule has 100 valence electrons. The van der Waals surface area contributed by atoms with E-state index in [9.17, 15) is 13.2 Å². The van der Waals surface area contributed by atoms with Gasteiger partial charge in [-0.05, 0) is 25.0 Å². The van der Waals surface area contributed by atoms with Gasteiger partial charge in [-0.1, -0.05) is 18.2 Å². The van der Waals surface area contributed by atoms with Gasteiger partial charge in [0.1, 0.15) is 0 Å². The molecule has 1 rings (SSSR count). The second-order valence-corrected chi connectivity index (χ2v) is 5.50. The summed E-state index contributed by atoms with van der Waals surface area (Å²) in [4.78, 5) is 11.6. The topological polar surface area (TPSA) is 72.5 Å². The number of hydrogen-bond donors (Lipinski definition) is 1. The third kappa shape index (κ3) is 6.36. The molecule has 0 aliphatic heterocycles. The standard InChI is InChI=1S/C12H17NO4S/c1-18(15,16)17-10-6-5-9-13-12(14)11-7-3-2-4-8-11/h2-4,7-8H,5-6,9-10H2,1H3,(H,13,14). The molecule has 0 saturated heterocycles. The Morgan fingerprint density at radius 3 is 2.50 bits per heavy atom. The van der Waals surface area contributed by atoms with Gasteiger partial charge in [0.15, 0.2) is 0 Å². The monoisotopic (exact) mass is 271 g/mol. The van der Waals surface area contributed by atoms with Crippen LogP contribution in [0.3, 0.4) is 0 Å². The van der Waals surface area contributed by atoms with Crippen molar-refractivity contribution in [2.45, 2.75) is 12.8 Å². The van der Waals surface area contributed by atoms with Gasteiger partial charge < -0.3 is 5.32 Å². The molecule has 18 heavy (non-hydrogen) atoms. The molecule has 0 spiro atoms. The molecular weight excluding hydrogens is 254 g/mol. The van der Waals surface area contributed by atoms with Crippen LogP contribution in [0.15, 0.2) is 30.3 Å². The summed E-state index contributed by atoms with van der Waals surface area (Å²) >= 11 is 0. The van der Waals surface area contributed by atoms with Gasteiger partial charge in [-0.25, -0.2) is 0 Å². The quantitative estimate of drug-likeness (QED) is 0.597. The van der Waals surface area contributed by atoms with Crippen molar-refractivity contribution in [1.29, 1.82) is 0 Å². The second kappa shape index (κ2) is 7.13. The lowest BCUT2D eigenvalue weighted by atomic mass is 10.2. The molecule has 0 aliphatic rings. The van der Waals surface area contributed by atoms with Crippen molar-refractivity contribution in [1.82, 2.24) is 5.32 Å². The van der Waals surface area contributed by atoms with Gasteiger partial charge in [-0.3, -0.25) is 8.98 Å². The summed E-state index contributed by atoms with van der Waals surface area (Å²) in [5.41, 5.74) is 0.616. The van der Waals surface area contributed by atoms with E-state index < -0.39 is 10.1 Å². The van der Waals surface area contributed by atoms with E-state index in [2.05, 4.69) is 9.50 Å². The van der Waals surface area contributed by atoms with Crippen molar-refractivity contribution in [3.05, 3.63) is 35.9 Å². The first-order valence-electron chi connectivity index (χ1n) is 5.67. The van der Waals surface area contributed by atoms with Crippen LogP contribution in [0.1, 0.15) is 23.2 Å². The molecule has 0 radical (unpaired) electrons. The molecule has 6 heteroatoms. The number of hydrogen-bond acceptors (Lipinski definition) is 4. The summed E-state index contributed by atoms with van der Waals surface area (Å²) in [6.07, 6.45) is 2.28. The lowest BCUT2D eigenvalue weighted by Gasteiger charge is -2.05. The molecule has 0 aliphatic carbocycles. The van der Waals surface area contributed by atoms with Crippen LogP contribution in [-0.2, 0) is 14.3 Å². The minimum atomic E-state index is -3.36. The highest BCUT2D eigenvalue weighted by atomic mass is 32.2. The summed E-state index contributed by atoms with van der Waals surface area (Å²) < 4.78 is 25.9. The number of carbonyl (C=O) groups is 1. The Balaban J connectivity index is 2.14. The van der Waals surface area contributed by atoms with E-state index >= 15 is 0 Å². The Morgan fingerprint density at radius 2 is 1.89 bits per heavy atom. The molecule has 1 N–H and O–H groups in total. The number of benzene rings is 1.